The quantitative estimate of drug-likeness (QED) is 0.530. The van der Waals surface area contributed by atoms with Crippen molar-refractivity contribution in [3.8, 4) is 22.3 Å². The molecule has 0 spiro atoms. The fourth-order valence-corrected chi connectivity index (χ4v) is 4.81. The summed E-state index contributed by atoms with van der Waals surface area (Å²) >= 11 is 0. The van der Waals surface area contributed by atoms with Crippen molar-refractivity contribution in [2.45, 2.75) is 12.8 Å². The molecule has 6 heteroatoms. The number of nitrogens with zero attached hydrogens (tertiary/aromatic N) is 1. The van der Waals surface area contributed by atoms with Crippen LogP contribution in [0, 0.1) is 11.7 Å². The Bertz CT molecular complexity index is 1110. The summed E-state index contributed by atoms with van der Waals surface area (Å²) in [5.41, 5.74) is 5.89. The van der Waals surface area contributed by atoms with Gasteiger partial charge in [-0.2, -0.15) is 0 Å². The van der Waals surface area contributed by atoms with E-state index in [-0.39, 0.29) is 5.82 Å². The minimum atomic E-state index is -0.457. The van der Waals surface area contributed by atoms with Gasteiger partial charge in [-0.3, -0.25) is 10.2 Å². The van der Waals surface area contributed by atoms with Crippen molar-refractivity contribution in [1.29, 1.82) is 0 Å². The van der Waals surface area contributed by atoms with E-state index in [0.29, 0.717) is 19.1 Å². The first-order chi connectivity index (χ1) is 16.7. The van der Waals surface area contributed by atoms with Crippen LogP contribution in [0.2, 0.25) is 0 Å². The van der Waals surface area contributed by atoms with Crippen molar-refractivity contribution in [2.75, 3.05) is 39.3 Å². The van der Waals surface area contributed by atoms with Gasteiger partial charge in [0.1, 0.15) is 24.2 Å². The summed E-state index contributed by atoms with van der Waals surface area (Å²) in [7, 11) is 0. The molecule has 1 radical (unpaired) electrons. The highest BCUT2D eigenvalue weighted by atomic mass is 19.1. The number of hydrogen-bond donors (Lipinski definition) is 2. The topological polar surface area (TPSA) is 53.6 Å². The van der Waals surface area contributed by atoms with E-state index in [2.05, 4.69) is 39.8 Å². The molecule has 0 aliphatic carbocycles. The molecule has 175 valence electrons. The lowest BCUT2D eigenvalue weighted by Crippen LogP contribution is -2.43. The summed E-state index contributed by atoms with van der Waals surface area (Å²) in [6.45, 7) is 5.74. The lowest BCUT2D eigenvalue weighted by Gasteiger charge is -2.30. The molecule has 2 aliphatic heterocycles. The van der Waals surface area contributed by atoms with Crippen molar-refractivity contribution in [3.05, 3.63) is 89.6 Å². The number of piperazine rings is 1. The Morgan fingerprint density at radius 1 is 0.971 bits per heavy atom. The minimum Gasteiger partial charge on any atom is -0.361 e. The molecule has 1 unspecified atom stereocenters. The van der Waals surface area contributed by atoms with Crippen LogP contribution < -0.4 is 10.6 Å². The average Bonchev–Trinajstić information content (AvgIpc) is 3.41. The predicted molar refractivity (Wildman–Crippen MR) is 132 cm³/mol. The summed E-state index contributed by atoms with van der Waals surface area (Å²) in [5, 5.41) is 6.70. The number of benzene rings is 3. The SMILES string of the molecule is O=C[C](c1c(CN2CCNCC2)cc(-c2ccccc2)cc1-c1ccc(F)cc1)C1NCCO1. The number of carbonyl (C=O) groups excluding carboxylic acids is 1. The average molecular weight is 459 g/mol. The summed E-state index contributed by atoms with van der Waals surface area (Å²) in [6.07, 6.45) is 0.454. The van der Waals surface area contributed by atoms with Crippen LogP contribution in [0.3, 0.4) is 0 Å². The number of halogens is 1. The Balaban J connectivity index is 1.70. The fourth-order valence-electron chi connectivity index (χ4n) is 4.81. The van der Waals surface area contributed by atoms with Crippen molar-refractivity contribution in [3.63, 3.8) is 0 Å². The Labute approximate surface area is 199 Å². The first-order valence-corrected chi connectivity index (χ1v) is 11.8. The zero-order valence-corrected chi connectivity index (χ0v) is 19.1. The van der Waals surface area contributed by atoms with E-state index in [4.69, 9.17) is 4.74 Å². The lowest BCUT2D eigenvalue weighted by molar-refractivity contribution is -0.107. The van der Waals surface area contributed by atoms with Gasteiger partial charge in [-0.15, -0.1) is 0 Å². The van der Waals surface area contributed by atoms with E-state index in [1.54, 1.807) is 12.1 Å². The first kappa shape index (κ1) is 22.9. The molecule has 1 atom stereocenters. The van der Waals surface area contributed by atoms with Crippen LogP contribution in [0.15, 0.2) is 66.7 Å². The van der Waals surface area contributed by atoms with E-state index in [0.717, 1.165) is 72.4 Å². The number of aldehydes is 1. The van der Waals surface area contributed by atoms with E-state index in [9.17, 15) is 9.18 Å². The molecule has 0 aromatic heterocycles. The van der Waals surface area contributed by atoms with Crippen LogP contribution in [0.4, 0.5) is 4.39 Å². The molecule has 2 heterocycles. The van der Waals surface area contributed by atoms with E-state index in [1.165, 1.54) is 12.1 Å². The summed E-state index contributed by atoms with van der Waals surface area (Å²) in [4.78, 5) is 14.9. The number of nitrogens with one attached hydrogen (secondary N) is 2. The number of ether oxygens (including phenoxy) is 1. The van der Waals surface area contributed by atoms with Gasteiger partial charge in [-0.25, -0.2) is 4.39 Å². The maximum Gasteiger partial charge on any atom is 0.136 e. The van der Waals surface area contributed by atoms with Gasteiger partial charge in [0.05, 0.1) is 6.61 Å². The normalized spacial score (nSPS) is 18.9. The molecule has 2 N–H and O–H groups in total. The van der Waals surface area contributed by atoms with E-state index in [1.807, 2.05) is 18.2 Å². The van der Waals surface area contributed by atoms with Gasteiger partial charge in [-0.1, -0.05) is 42.5 Å². The minimum absolute atomic E-state index is 0.286. The maximum absolute atomic E-state index is 13.8. The Morgan fingerprint density at radius 3 is 2.41 bits per heavy atom. The monoisotopic (exact) mass is 458 g/mol. The second kappa shape index (κ2) is 10.6. The van der Waals surface area contributed by atoms with Crippen molar-refractivity contribution in [1.82, 2.24) is 15.5 Å². The van der Waals surface area contributed by atoms with Crippen LogP contribution in [-0.4, -0.2) is 56.7 Å². The Morgan fingerprint density at radius 2 is 1.74 bits per heavy atom. The third-order valence-corrected chi connectivity index (χ3v) is 6.50. The smallest absolute Gasteiger partial charge is 0.136 e. The molecule has 2 saturated heterocycles. The fraction of sp³-hybridized carbons (Fsp3) is 0.286. The Hall–Kier alpha value is -2.90. The molecule has 0 amide bonds. The predicted octanol–water partition coefficient (Wildman–Crippen LogP) is 3.63. The van der Waals surface area contributed by atoms with Gasteiger partial charge in [-0.05, 0) is 57.6 Å². The van der Waals surface area contributed by atoms with Gasteiger partial charge < -0.3 is 14.8 Å². The lowest BCUT2D eigenvalue weighted by atomic mass is 9.83. The van der Waals surface area contributed by atoms with Crippen LogP contribution in [0.5, 0.6) is 0 Å². The van der Waals surface area contributed by atoms with E-state index >= 15 is 0 Å². The second-order valence-electron chi connectivity index (χ2n) is 8.74. The molecule has 3 aromatic rings. The Kier molecular flexibility index (Phi) is 7.11. The van der Waals surface area contributed by atoms with Gasteiger partial charge in [0.15, 0.2) is 0 Å². The number of hydrogen-bond acceptors (Lipinski definition) is 5. The molecule has 2 aliphatic rings. The van der Waals surface area contributed by atoms with Gasteiger partial charge >= 0.3 is 0 Å². The molecule has 2 fully saturated rings. The summed E-state index contributed by atoms with van der Waals surface area (Å²) in [6, 6.07) is 21.0. The van der Waals surface area contributed by atoms with Crippen LogP contribution in [0.25, 0.3) is 22.3 Å². The van der Waals surface area contributed by atoms with Crippen LogP contribution in [0.1, 0.15) is 11.1 Å². The number of rotatable bonds is 7. The van der Waals surface area contributed by atoms with Gasteiger partial charge in [0, 0.05) is 39.3 Å². The van der Waals surface area contributed by atoms with E-state index < -0.39 is 6.23 Å². The largest absolute Gasteiger partial charge is 0.361 e. The molecular weight excluding hydrogens is 429 g/mol. The van der Waals surface area contributed by atoms with Crippen LogP contribution in [-0.2, 0) is 16.1 Å². The maximum atomic E-state index is 13.8. The third kappa shape index (κ3) is 4.95. The highest BCUT2D eigenvalue weighted by Crippen LogP contribution is 2.38. The van der Waals surface area contributed by atoms with Crippen molar-refractivity contribution >= 4 is 6.29 Å². The zero-order chi connectivity index (χ0) is 23.3. The molecule has 3 aromatic carbocycles. The summed E-state index contributed by atoms with van der Waals surface area (Å²) in [5.74, 6) is 0.299. The summed E-state index contributed by atoms with van der Waals surface area (Å²) < 4.78 is 19.7. The van der Waals surface area contributed by atoms with Gasteiger partial charge in [0.2, 0.25) is 0 Å². The van der Waals surface area contributed by atoms with Crippen molar-refractivity contribution < 1.29 is 13.9 Å². The molecule has 0 saturated carbocycles. The zero-order valence-electron chi connectivity index (χ0n) is 19.1. The number of carbonyl (C=O) groups is 1. The third-order valence-electron chi connectivity index (χ3n) is 6.50. The first-order valence-electron chi connectivity index (χ1n) is 11.8. The molecule has 5 nitrogen and oxygen atoms in total. The van der Waals surface area contributed by atoms with Crippen molar-refractivity contribution in [2.24, 2.45) is 0 Å². The van der Waals surface area contributed by atoms with Gasteiger partial charge in [0.25, 0.3) is 0 Å². The highest BCUT2D eigenvalue weighted by molar-refractivity contribution is 5.88. The standard InChI is InChI=1S/C28H29FN3O2/c29-24-8-6-21(7-9-24)25-17-22(20-4-2-1-3-5-20)16-23(18-32-13-10-30-11-14-32)27(25)26(19-33)28-31-12-15-34-28/h1-9,16-17,19,28,30-31H,10-15,18H2. The molecule has 34 heavy (non-hydrogen) atoms. The molecule has 0 bridgehead atoms. The highest BCUT2D eigenvalue weighted by Gasteiger charge is 2.32. The van der Waals surface area contributed by atoms with Crippen LogP contribution >= 0.6 is 0 Å². The second-order valence-corrected chi connectivity index (χ2v) is 8.74. The molecule has 5 rings (SSSR count). The molecular formula is C28H29FN3O2.